The lowest BCUT2D eigenvalue weighted by molar-refractivity contribution is -0.137. The first kappa shape index (κ1) is 26.1. The summed E-state index contributed by atoms with van der Waals surface area (Å²) in [5.74, 6) is -0.554. The van der Waals surface area contributed by atoms with Crippen molar-refractivity contribution in [3.63, 3.8) is 0 Å². The van der Waals surface area contributed by atoms with Gasteiger partial charge in [0, 0.05) is 24.0 Å². The molecule has 200 valence electrons. The first-order valence-corrected chi connectivity index (χ1v) is 13.0. The summed E-state index contributed by atoms with van der Waals surface area (Å²) in [5, 5.41) is 15.8. The summed E-state index contributed by atoms with van der Waals surface area (Å²) in [4.78, 5) is 7.97. The van der Waals surface area contributed by atoms with Crippen molar-refractivity contribution in [1.82, 2.24) is 19.7 Å². The Morgan fingerprint density at radius 3 is 2.59 bits per heavy atom. The second kappa shape index (κ2) is 9.99. The molecule has 0 saturated carbocycles. The zero-order valence-corrected chi connectivity index (χ0v) is 20.8. The van der Waals surface area contributed by atoms with Gasteiger partial charge in [0.1, 0.15) is 5.69 Å². The number of anilines is 3. The van der Waals surface area contributed by atoms with Gasteiger partial charge in [0.25, 0.3) is 10.0 Å². The molecular weight excluding hydrogens is 538 g/mol. The van der Waals surface area contributed by atoms with Crippen LogP contribution in [0.1, 0.15) is 17.5 Å². The van der Waals surface area contributed by atoms with Crippen LogP contribution < -0.4 is 9.62 Å². The van der Waals surface area contributed by atoms with Gasteiger partial charge in [-0.05, 0) is 54.4 Å². The Morgan fingerprint density at radius 1 is 1.10 bits per heavy atom. The summed E-state index contributed by atoms with van der Waals surface area (Å²) in [6, 6.07) is 10.3. The van der Waals surface area contributed by atoms with E-state index in [9.17, 15) is 26.0 Å². The fraction of sp³-hybridized carbons (Fsp3) is 0.200. The van der Waals surface area contributed by atoms with Crippen molar-refractivity contribution in [2.75, 3.05) is 16.2 Å². The fourth-order valence-corrected chi connectivity index (χ4v) is 5.68. The first-order chi connectivity index (χ1) is 18.6. The second-order valence-electron chi connectivity index (χ2n) is 8.61. The van der Waals surface area contributed by atoms with E-state index in [0.717, 1.165) is 34.8 Å². The Hall–Kier alpha value is -4.51. The van der Waals surface area contributed by atoms with Crippen LogP contribution in [0.2, 0.25) is 0 Å². The van der Waals surface area contributed by atoms with E-state index >= 15 is 0 Å². The lowest BCUT2D eigenvalue weighted by atomic mass is 10.1. The minimum absolute atomic E-state index is 0.0191. The molecule has 39 heavy (non-hydrogen) atoms. The number of sulfonamides is 1. The highest BCUT2D eigenvalue weighted by molar-refractivity contribution is 7.92. The molecule has 2 aromatic carbocycles. The summed E-state index contributed by atoms with van der Waals surface area (Å²) in [5.41, 5.74) is 1.13. The summed E-state index contributed by atoms with van der Waals surface area (Å²) >= 11 is 0. The molecule has 0 unspecified atom stereocenters. The average Bonchev–Trinajstić information content (AvgIpc) is 3.55. The third-order valence-corrected chi connectivity index (χ3v) is 7.89. The highest BCUT2D eigenvalue weighted by atomic mass is 32.2. The lowest BCUT2D eigenvalue weighted by Crippen LogP contribution is -2.29. The number of aromatic nitrogens is 4. The van der Waals surface area contributed by atoms with Crippen molar-refractivity contribution < 1.29 is 26.0 Å². The maximum absolute atomic E-state index is 14.5. The number of hydrogen-bond acceptors (Lipinski definition) is 7. The van der Waals surface area contributed by atoms with Gasteiger partial charge < -0.3 is 5.32 Å². The van der Waals surface area contributed by atoms with E-state index in [1.807, 2.05) is 6.07 Å². The molecule has 14 heteroatoms. The molecule has 0 atom stereocenters. The normalized spacial score (nSPS) is 13.3. The molecule has 2 aromatic heterocycles. The Kier molecular flexibility index (Phi) is 6.69. The zero-order valence-electron chi connectivity index (χ0n) is 20.0. The van der Waals surface area contributed by atoms with Gasteiger partial charge in [-0.15, -0.1) is 0 Å². The number of nitrogens with one attached hydrogen (secondary N) is 1. The molecule has 0 radical (unpaired) electrons. The van der Waals surface area contributed by atoms with E-state index in [1.165, 1.54) is 10.9 Å². The number of nitriles is 1. The van der Waals surface area contributed by atoms with Crippen LogP contribution in [-0.2, 0) is 29.2 Å². The summed E-state index contributed by atoms with van der Waals surface area (Å²) in [6.07, 6.45) is 0.0922. The predicted molar refractivity (Wildman–Crippen MR) is 133 cm³/mol. The SMILES string of the molecule is N#CCCn1cc(-c2nc(Nc3ccc4c(c3)CCN4S(=O)(=O)c3ccc(C(F)(F)F)cc3)ncc2F)cn1. The molecule has 1 N–H and O–H groups in total. The second-order valence-corrected chi connectivity index (χ2v) is 10.5. The number of fused-ring (bicyclic) bond motifs is 1. The van der Waals surface area contributed by atoms with Crippen LogP contribution in [0.5, 0.6) is 0 Å². The van der Waals surface area contributed by atoms with Crippen LogP contribution in [0.25, 0.3) is 11.3 Å². The molecule has 0 saturated heterocycles. The number of rotatable bonds is 7. The van der Waals surface area contributed by atoms with Crippen LogP contribution >= 0.6 is 0 Å². The third-order valence-electron chi connectivity index (χ3n) is 6.06. The average molecular weight is 558 g/mol. The Morgan fingerprint density at radius 2 is 1.87 bits per heavy atom. The molecule has 1 aliphatic heterocycles. The van der Waals surface area contributed by atoms with Gasteiger partial charge in [-0.25, -0.2) is 22.8 Å². The predicted octanol–water partition coefficient (Wildman–Crippen LogP) is 4.91. The van der Waals surface area contributed by atoms with Crippen LogP contribution in [0.3, 0.4) is 0 Å². The van der Waals surface area contributed by atoms with E-state index in [4.69, 9.17) is 5.26 Å². The maximum atomic E-state index is 14.5. The Bertz CT molecular complexity index is 1680. The molecule has 0 spiro atoms. The van der Waals surface area contributed by atoms with Gasteiger partial charge in [-0.3, -0.25) is 8.99 Å². The quantitative estimate of drug-likeness (QED) is 0.321. The molecule has 9 nitrogen and oxygen atoms in total. The monoisotopic (exact) mass is 557 g/mol. The van der Waals surface area contributed by atoms with Crippen LogP contribution in [-0.4, -0.2) is 34.7 Å². The van der Waals surface area contributed by atoms with Crippen molar-refractivity contribution >= 4 is 27.3 Å². The van der Waals surface area contributed by atoms with Crippen LogP contribution in [0, 0.1) is 17.1 Å². The molecular formula is C25H19F4N7O2S. The van der Waals surface area contributed by atoms with Gasteiger partial charge in [0.2, 0.25) is 5.95 Å². The smallest absolute Gasteiger partial charge is 0.324 e. The van der Waals surface area contributed by atoms with Gasteiger partial charge in [-0.2, -0.15) is 23.5 Å². The van der Waals surface area contributed by atoms with Crippen molar-refractivity contribution in [3.8, 4) is 17.3 Å². The standard InChI is InChI=1S/C25H19F4N7O2S/c26-21-14-31-24(34-23(21)17-13-32-35(15-17)10-1-9-30)33-19-4-7-22-16(12-19)8-11-36(22)39(37,38)20-5-2-18(3-6-20)25(27,28)29/h2-7,12-15H,1,8,10-11H2,(H,31,33,34). The minimum atomic E-state index is -4.57. The number of alkyl halides is 3. The highest BCUT2D eigenvalue weighted by Gasteiger charge is 2.33. The molecule has 3 heterocycles. The lowest BCUT2D eigenvalue weighted by Gasteiger charge is -2.20. The molecule has 0 bridgehead atoms. The number of hydrogen-bond donors (Lipinski definition) is 1. The van der Waals surface area contributed by atoms with E-state index in [-0.39, 0.29) is 29.5 Å². The van der Waals surface area contributed by atoms with Gasteiger partial charge in [0.15, 0.2) is 5.82 Å². The van der Waals surface area contributed by atoms with Crippen molar-refractivity contribution in [3.05, 3.63) is 78.0 Å². The van der Waals surface area contributed by atoms with E-state index < -0.39 is 27.6 Å². The Balaban J connectivity index is 1.35. The summed E-state index contributed by atoms with van der Waals surface area (Å²) < 4.78 is 82.0. The minimum Gasteiger partial charge on any atom is -0.324 e. The first-order valence-electron chi connectivity index (χ1n) is 11.6. The van der Waals surface area contributed by atoms with Crippen LogP contribution in [0.4, 0.5) is 34.9 Å². The fourth-order valence-electron chi connectivity index (χ4n) is 4.17. The van der Waals surface area contributed by atoms with Gasteiger partial charge in [0.05, 0.1) is 47.6 Å². The molecule has 4 aromatic rings. The number of nitrogens with zero attached hydrogens (tertiary/aromatic N) is 6. The molecule has 0 aliphatic carbocycles. The van der Waals surface area contributed by atoms with E-state index in [2.05, 4.69) is 20.4 Å². The van der Waals surface area contributed by atoms with Crippen molar-refractivity contribution in [2.24, 2.45) is 0 Å². The number of benzene rings is 2. The topological polar surface area (TPSA) is 117 Å². The van der Waals surface area contributed by atoms with Gasteiger partial charge in [-0.1, -0.05) is 0 Å². The largest absolute Gasteiger partial charge is 0.416 e. The Labute approximate surface area is 220 Å². The third kappa shape index (κ3) is 5.26. The molecule has 0 amide bonds. The zero-order chi connectivity index (χ0) is 27.8. The summed E-state index contributed by atoms with van der Waals surface area (Å²) in [6.45, 7) is 0.476. The van der Waals surface area contributed by atoms with Crippen molar-refractivity contribution in [1.29, 1.82) is 5.26 Å². The molecule has 1 aliphatic rings. The number of aryl methyl sites for hydroxylation is 1. The summed E-state index contributed by atoms with van der Waals surface area (Å²) in [7, 11) is -4.08. The van der Waals surface area contributed by atoms with E-state index in [1.54, 1.807) is 24.4 Å². The number of halogens is 4. The van der Waals surface area contributed by atoms with Crippen molar-refractivity contribution in [2.45, 2.75) is 30.5 Å². The molecule has 0 fully saturated rings. The highest BCUT2D eigenvalue weighted by Crippen LogP contribution is 2.36. The van der Waals surface area contributed by atoms with Gasteiger partial charge >= 0.3 is 6.18 Å². The van der Waals surface area contributed by atoms with E-state index in [0.29, 0.717) is 35.5 Å². The van der Waals surface area contributed by atoms with Crippen LogP contribution in [0.15, 0.2) is 66.0 Å². The maximum Gasteiger partial charge on any atom is 0.416 e. The molecule has 5 rings (SSSR count).